The van der Waals surface area contributed by atoms with Gasteiger partial charge in [-0.2, -0.15) is 0 Å². The minimum atomic E-state index is -0.816. The van der Waals surface area contributed by atoms with Crippen LogP contribution in [0.1, 0.15) is 27.7 Å². The van der Waals surface area contributed by atoms with E-state index in [1.807, 2.05) is 0 Å². The molecule has 0 saturated heterocycles. The van der Waals surface area contributed by atoms with Crippen LogP contribution in [0.5, 0.6) is 0 Å². The molecule has 4 aromatic rings. The number of thiazole rings is 1. The van der Waals surface area contributed by atoms with Crippen molar-refractivity contribution in [3.8, 4) is 0 Å². The lowest BCUT2D eigenvalue weighted by atomic mass is 9.98. The van der Waals surface area contributed by atoms with E-state index >= 15 is 0 Å². The highest BCUT2D eigenvalue weighted by atomic mass is 79.9. The standard InChI is InChI=1S/C20H10BrFN2O3S/c21-11-4-5-14-13(9-11)17(25)15-16(10-2-1-3-12(22)8-10)24(19(26)18(15)27-14)20-23-6-7-28-20/h1-9,16H/t16-/m0/s1. The quantitative estimate of drug-likeness (QED) is 0.430. The first kappa shape index (κ1) is 17.3. The number of carbonyl (C=O) groups excluding carboxylic acids is 1. The molecule has 1 atom stereocenters. The number of carbonyl (C=O) groups is 1. The third-order valence-corrected chi connectivity index (χ3v) is 5.89. The second-order valence-corrected chi connectivity index (χ2v) is 8.05. The van der Waals surface area contributed by atoms with Crippen LogP contribution in [0.25, 0.3) is 11.0 Å². The Balaban J connectivity index is 1.85. The van der Waals surface area contributed by atoms with Crippen LogP contribution in [0.2, 0.25) is 0 Å². The molecule has 0 unspecified atom stereocenters. The Hall–Kier alpha value is -2.84. The van der Waals surface area contributed by atoms with Crippen molar-refractivity contribution in [1.29, 1.82) is 0 Å². The van der Waals surface area contributed by atoms with Crippen LogP contribution < -0.4 is 10.3 Å². The molecular formula is C20H10BrFN2O3S. The van der Waals surface area contributed by atoms with E-state index in [1.165, 1.54) is 28.4 Å². The SMILES string of the molecule is O=C1c2oc3ccc(Br)cc3c(=O)c2[C@H](c2cccc(F)c2)N1c1nccs1. The Labute approximate surface area is 170 Å². The molecule has 0 aliphatic carbocycles. The molecule has 2 aromatic carbocycles. The normalized spacial score (nSPS) is 16.0. The van der Waals surface area contributed by atoms with Crippen molar-refractivity contribution in [3.63, 3.8) is 0 Å². The summed E-state index contributed by atoms with van der Waals surface area (Å²) in [5.74, 6) is -0.962. The number of anilines is 1. The molecule has 138 valence electrons. The van der Waals surface area contributed by atoms with Gasteiger partial charge in [0, 0.05) is 16.0 Å². The third-order valence-electron chi connectivity index (χ3n) is 4.62. The average Bonchev–Trinajstić information content (AvgIpc) is 3.29. The van der Waals surface area contributed by atoms with E-state index in [0.717, 1.165) is 4.47 Å². The van der Waals surface area contributed by atoms with Crippen molar-refractivity contribution in [3.05, 3.63) is 91.4 Å². The molecule has 8 heteroatoms. The van der Waals surface area contributed by atoms with Crippen LogP contribution in [-0.2, 0) is 0 Å². The number of fused-ring (bicyclic) bond motifs is 2. The number of halogens is 2. The molecule has 5 rings (SSSR count). The molecule has 1 aliphatic heterocycles. The zero-order valence-electron chi connectivity index (χ0n) is 14.1. The molecule has 0 bridgehead atoms. The van der Waals surface area contributed by atoms with E-state index in [0.29, 0.717) is 21.7 Å². The van der Waals surface area contributed by atoms with E-state index in [-0.39, 0.29) is 16.8 Å². The van der Waals surface area contributed by atoms with E-state index in [1.54, 1.807) is 41.9 Å². The highest BCUT2D eigenvalue weighted by Crippen LogP contribution is 2.42. The number of aromatic nitrogens is 1. The van der Waals surface area contributed by atoms with Crippen LogP contribution in [0.4, 0.5) is 9.52 Å². The number of amides is 1. The number of nitrogens with zero attached hydrogens (tertiary/aromatic N) is 2. The summed E-state index contributed by atoms with van der Waals surface area (Å²) in [7, 11) is 0. The van der Waals surface area contributed by atoms with Gasteiger partial charge in [0.15, 0.2) is 10.6 Å². The van der Waals surface area contributed by atoms with Gasteiger partial charge in [-0.25, -0.2) is 9.37 Å². The fourth-order valence-electron chi connectivity index (χ4n) is 3.47. The number of hydrogen-bond acceptors (Lipinski definition) is 5. The maximum Gasteiger partial charge on any atom is 0.297 e. The Kier molecular flexibility index (Phi) is 3.92. The second-order valence-electron chi connectivity index (χ2n) is 6.26. The Morgan fingerprint density at radius 2 is 2.04 bits per heavy atom. The van der Waals surface area contributed by atoms with Gasteiger partial charge >= 0.3 is 0 Å². The molecule has 1 aliphatic rings. The van der Waals surface area contributed by atoms with Crippen molar-refractivity contribution in [1.82, 2.24) is 4.98 Å². The first-order valence-corrected chi connectivity index (χ1v) is 9.96. The van der Waals surface area contributed by atoms with Gasteiger partial charge in [-0.05, 0) is 35.9 Å². The van der Waals surface area contributed by atoms with E-state index < -0.39 is 17.8 Å². The lowest BCUT2D eigenvalue weighted by Crippen LogP contribution is -2.29. The fourth-order valence-corrected chi connectivity index (χ4v) is 4.50. The summed E-state index contributed by atoms with van der Waals surface area (Å²) < 4.78 is 20.5. The Morgan fingerprint density at radius 3 is 2.79 bits per heavy atom. The Morgan fingerprint density at radius 1 is 1.18 bits per heavy atom. The van der Waals surface area contributed by atoms with Crippen molar-refractivity contribution in [2.24, 2.45) is 0 Å². The Bertz CT molecular complexity index is 1300. The predicted octanol–water partition coefficient (Wildman–Crippen LogP) is 4.90. The largest absolute Gasteiger partial charge is 0.450 e. The molecule has 28 heavy (non-hydrogen) atoms. The molecule has 0 radical (unpaired) electrons. The predicted molar refractivity (Wildman–Crippen MR) is 107 cm³/mol. The third kappa shape index (κ3) is 2.52. The van der Waals surface area contributed by atoms with Crippen molar-refractivity contribution < 1.29 is 13.6 Å². The van der Waals surface area contributed by atoms with Crippen molar-refractivity contribution in [2.75, 3.05) is 4.90 Å². The molecule has 2 aromatic heterocycles. The number of rotatable bonds is 2. The molecule has 1 amide bonds. The van der Waals surface area contributed by atoms with E-state index in [4.69, 9.17) is 4.42 Å². The molecule has 0 N–H and O–H groups in total. The molecule has 5 nitrogen and oxygen atoms in total. The van der Waals surface area contributed by atoms with Crippen LogP contribution >= 0.6 is 27.3 Å². The molecule has 0 spiro atoms. The minimum absolute atomic E-state index is 0.0377. The van der Waals surface area contributed by atoms with Gasteiger partial charge in [-0.3, -0.25) is 14.5 Å². The van der Waals surface area contributed by atoms with Crippen molar-refractivity contribution >= 4 is 49.3 Å². The smallest absolute Gasteiger partial charge is 0.297 e. The average molecular weight is 457 g/mol. The first-order chi connectivity index (χ1) is 13.5. The lowest BCUT2D eigenvalue weighted by Gasteiger charge is -2.22. The summed E-state index contributed by atoms with van der Waals surface area (Å²) in [6.07, 6.45) is 1.57. The zero-order chi connectivity index (χ0) is 19.4. The fraction of sp³-hybridized carbons (Fsp3) is 0.0500. The zero-order valence-corrected chi connectivity index (χ0v) is 16.5. The summed E-state index contributed by atoms with van der Waals surface area (Å²) in [6.45, 7) is 0. The maximum atomic E-state index is 13.9. The summed E-state index contributed by atoms with van der Waals surface area (Å²) in [6, 6.07) is 10.1. The number of benzene rings is 2. The van der Waals surface area contributed by atoms with Gasteiger partial charge in [0.25, 0.3) is 5.91 Å². The van der Waals surface area contributed by atoms with Gasteiger partial charge in [-0.1, -0.05) is 28.1 Å². The van der Waals surface area contributed by atoms with Crippen molar-refractivity contribution in [2.45, 2.75) is 6.04 Å². The van der Waals surface area contributed by atoms with Gasteiger partial charge in [0.1, 0.15) is 11.4 Å². The van der Waals surface area contributed by atoms with E-state index in [9.17, 15) is 14.0 Å². The molecule has 0 saturated carbocycles. The summed E-state index contributed by atoms with van der Waals surface area (Å²) in [4.78, 5) is 32.1. The van der Waals surface area contributed by atoms with Crippen LogP contribution in [0.15, 0.2) is 67.7 Å². The summed E-state index contributed by atoms with van der Waals surface area (Å²) in [5.41, 5.74) is 0.666. The van der Waals surface area contributed by atoms with Crippen LogP contribution in [0, 0.1) is 5.82 Å². The monoisotopic (exact) mass is 456 g/mol. The van der Waals surface area contributed by atoms with Gasteiger partial charge in [0.05, 0.1) is 17.0 Å². The molecule has 0 fully saturated rings. The minimum Gasteiger partial charge on any atom is -0.450 e. The molecule has 3 heterocycles. The van der Waals surface area contributed by atoms with Gasteiger partial charge in [-0.15, -0.1) is 11.3 Å². The van der Waals surface area contributed by atoms with Crippen LogP contribution in [-0.4, -0.2) is 10.9 Å². The van der Waals surface area contributed by atoms with Gasteiger partial charge < -0.3 is 4.42 Å². The van der Waals surface area contributed by atoms with Crippen LogP contribution in [0.3, 0.4) is 0 Å². The summed E-state index contributed by atoms with van der Waals surface area (Å²) >= 11 is 4.61. The van der Waals surface area contributed by atoms with Gasteiger partial charge in [0.2, 0.25) is 5.76 Å². The second kappa shape index (κ2) is 6.35. The highest BCUT2D eigenvalue weighted by Gasteiger charge is 2.44. The van der Waals surface area contributed by atoms with E-state index in [2.05, 4.69) is 20.9 Å². The topological polar surface area (TPSA) is 63.4 Å². The highest BCUT2D eigenvalue weighted by molar-refractivity contribution is 9.10. The summed E-state index contributed by atoms with van der Waals surface area (Å²) in [5, 5.41) is 2.50. The number of hydrogen-bond donors (Lipinski definition) is 0. The lowest BCUT2D eigenvalue weighted by molar-refractivity contribution is 0.0971. The maximum absolute atomic E-state index is 13.9. The molecular weight excluding hydrogens is 447 g/mol. The first-order valence-electron chi connectivity index (χ1n) is 8.29.